The lowest BCUT2D eigenvalue weighted by Gasteiger charge is -2.19. The van der Waals surface area contributed by atoms with E-state index in [0.717, 1.165) is 37.6 Å². The molecular formula is C14H20O2. The van der Waals surface area contributed by atoms with Crippen molar-refractivity contribution in [2.24, 2.45) is 5.41 Å². The van der Waals surface area contributed by atoms with Gasteiger partial charge in [0.2, 0.25) is 0 Å². The van der Waals surface area contributed by atoms with Crippen LogP contribution in [0.3, 0.4) is 0 Å². The average molecular weight is 220 g/mol. The fourth-order valence-corrected chi connectivity index (χ4v) is 1.93. The van der Waals surface area contributed by atoms with Crippen molar-refractivity contribution in [3.8, 4) is 11.5 Å². The minimum atomic E-state index is 0.305. The molecule has 2 nitrogen and oxygen atoms in total. The summed E-state index contributed by atoms with van der Waals surface area (Å²) < 4.78 is 11.3. The van der Waals surface area contributed by atoms with Crippen LogP contribution in [0.25, 0.3) is 0 Å². The maximum Gasteiger partial charge on any atom is 0.161 e. The third-order valence-electron chi connectivity index (χ3n) is 2.55. The molecule has 0 saturated heterocycles. The second kappa shape index (κ2) is 4.36. The average Bonchev–Trinajstić information content (AvgIpc) is 2.39. The quantitative estimate of drug-likeness (QED) is 0.721. The lowest BCUT2D eigenvalue weighted by atomic mass is 9.88. The van der Waals surface area contributed by atoms with E-state index in [4.69, 9.17) is 9.47 Å². The van der Waals surface area contributed by atoms with Crippen LogP contribution in [0.2, 0.25) is 0 Å². The van der Waals surface area contributed by atoms with Gasteiger partial charge in [0.05, 0.1) is 13.2 Å². The molecule has 1 aliphatic heterocycles. The van der Waals surface area contributed by atoms with Crippen molar-refractivity contribution in [1.82, 2.24) is 0 Å². The van der Waals surface area contributed by atoms with Crippen LogP contribution < -0.4 is 9.47 Å². The van der Waals surface area contributed by atoms with E-state index in [0.29, 0.717) is 5.41 Å². The van der Waals surface area contributed by atoms with Gasteiger partial charge in [0.25, 0.3) is 0 Å². The summed E-state index contributed by atoms with van der Waals surface area (Å²) in [6.45, 7) is 8.25. The Balaban J connectivity index is 2.21. The van der Waals surface area contributed by atoms with Crippen LogP contribution in [0, 0.1) is 5.41 Å². The predicted molar refractivity (Wildman–Crippen MR) is 65.2 cm³/mol. The van der Waals surface area contributed by atoms with Gasteiger partial charge in [0, 0.05) is 6.42 Å². The molecule has 0 fully saturated rings. The van der Waals surface area contributed by atoms with Gasteiger partial charge in [-0.25, -0.2) is 0 Å². The minimum Gasteiger partial charge on any atom is -0.490 e. The molecule has 0 bridgehead atoms. The lowest BCUT2D eigenvalue weighted by Crippen LogP contribution is -2.09. The number of hydrogen-bond acceptors (Lipinski definition) is 2. The van der Waals surface area contributed by atoms with Crippen LogP contribution in [0.1, 0.15) is 32.8 Å². The third-order valence-corrected chi connectivity index (χ3v) is 2.55. The summed E-state index contributed by atoms with van der Waals surface area (Å²) in [5.74, 6) is 1.79. The topological polar surface area (TPSA) is 18.5 Å². The highest BCUT2D eigenvalue weighted by Gasteiger charge is 2.15. The van der Waals surface area contributed by atoms with E-state index in [1.165, 1.54) is 5.56 Å². The Morgan fingerprint density at radius 3 is 2.44 bits per heavy atom. The molecule has 1 aromatic rings. The van der Waals surface area contributed by atoms with Crippen molar-refractivity contribution >= 4 is 0 Å². The largest absolute Gasteiger partial charge is 0.490 e. The highest BCUT2D eigenvalue weighted by Crippen LogP contribution is 2.32. The van der Waals surface area contributed by atoms with Crippen molar-refractivity contribution in [1.29, 1.82) is 0 Å². The fourth-order valence-electron chi connectivity index (χ4n) is 1.93. The zero-order valence-electron chi connectivity index (χ0n) is 10.4. The SMILES string of the molecule is CC(C)(C)Cc1ccc2c(c1)OCCCO2. The summed E-state index contributed by atoms with van der Waals surface area (Å²) in [4.78, 5) is 0. The Bertz CT molecular complexity index is 363. The van der Waals surface area contributed by atoms with Crippen LogP contribution in [0.4, 0.5) is 0 Å². The first-order valence-corrected chi connectivity index (χ1v) is 5.93. The molecule has 0 radical (unpaired) electrons. The summed E-state index contributed by atoms with van der Waals surface area (Å²) in [5, 5.41) is 0. The summed E-state index contributed by atoms with van der Waals surface area (Å²) in [6.07, 6.45) is 2.02. The second-order valence-corrected chi connectivity index (χ2v) is 5.57. The molecule has 0 atom stereocenters. The van der Waals surface area contributed by atoms with Gasteiger partial charge in [0.15, 0.2) is 11.5 Å². The van der Waals surface area contributed by atoms with E-state index < -0.39 is 0 Å². The highest BCUT2D eigenvalue weighted by molar-refractivity contribution is 5.43. The zero-order chi connectivity index (χ0) is 11.6. The smallest absolute Gasteiger partial charge is 0.161 e. The molecule has 1 heterocycles. The first kappa shape index (κ1) is 11.3. The molecule has 0 aromatic heterocycles. The van der Waals surface area contributed by atoms with Gasteiger partial charge in [-0.2, -0.15) is 0 Å². The van der Waals surface area contributed by atoms with Crippen LogP contribution >= 0.6 is 0 Å². The molecular weight excluding hydrogens is 200 g/mol. The van der Waals surface area contributed by atoms with Gasteiger partial charge in [0.1, 0.15) is 0 Å². The fraction of sp³-hybridized carbons (Fsp3) is 0.571. The Morgan fingerprint density at radius 1 is 1.06 bits per heavy atom. The molecule has 1 aliphatic rings. The van der Waals surface area contributed by atoms with Crippen molar-refractivity contribution in [2.75, 3.05) is 13.2 Å². The van der Waals surface area contributed by atoms with E-state index in [1.54, 1.807) is 0 Å². The normalized spacial score (nSPS) is 15.7. The van der Waals surface area contributed by atoms with E-state index in [2.05, 4.69) is 32.9 Å². The molecule has 2 rings (SSSR count). The standard InChI is InChI=1S/C14H20O2/c1-14(2,3)10-11-5-6-12-13(9-11)16-8-4-7-15-12/h5-6,9H,4,7-8,10H2,1-3H3. The van der Waals surface area contributed by atoms with E-state index in [9.17, 15) is 0 Å². The maximum atomic E-state index is 5.68. The van der Waals surface area contributed by atoms with Crippen LogP contribution in [0.5, 0.6) is 11.5 Å². The summed E-state index contributed by atoms with van der Waals surface area (Å²) in [7, 11) is 0. The third kappa shape index (κ3) is 2.91. The summed E-state index contributed by atoms with van der Waals surface area (Å²) in [6, 6.07) is 6.28. The van der Waals surface area contributed by atoms with Gasteiger partial charge < -0.3 is 9.47 Å². The molecule has 0 N–H and O–H groups in total. The molecule has 0 saturated carbocycles. The van der Waals surface area contributed by atoms with E-state index >= 15 is 0 Å². The minimum absolute atomic E-state index is 0.305. The van der Waals surface area contributed by atoms with Crippen molar-refractivity contribution < 1.29 is 9.47 Å². The summed E-state index contributed by atoms with van der Waals surface area (Å²) in [5.41, 5.74) is 1.62. The molecule has 0 unspecified atom stereocenters. The Labute approximate surface area is 97.6 Å². The van der Waals surface area contributed by atoms with Gasteiger partial charge in [-0.15, -0.1) is 0 Å². The molecule has 1 aromatic carbocycles. The molecule has 16 heavy (non-hydrogen) atoms. The van der Waals surface area contributed by atoms with Crippen molar-refractivity contribution in [3.05, 3.63) is 23.8 Å². The maximum absolute atomic E-state index is 5.68. The van der Waals surface area contributed by atoms with Crippen LogP contribution in [-0.2, 0) is 6.42 Å². The Hall–Kier alpha value is -1.18. The van der Waals surface area contributed by atoms with Crippen molar-refractivity contribution in [3.63, 3.8) is 0 Å². The number of fused-ring (bicyclic) bond motifs is 1. The van der Waals surface area contributed by atoms with Gasteiger partial charge in [-0.05, 0) is 29.5 Å². The first-order valence-electron chi connectivity index (χ1n) is 5.93. The van der Waals surface area contributed by atoms with Crippen LogP contribution in [0.15, 0.2) is 18.2 Å². The van der Waals surface area contributed by atoms with Gasteiger partial charge in [-0.1, -0.05) is 26.8 Å². The molecule has 0 spiro atoms. The Kier molecular flexibility index (Phi) is 3.08. The predicted octanol–water partition coefficient (Wildman–Crippen LogP) is 3.44. The van der Waals surface area contributed by atoms with E-state index in [-0.39, 0.29) is 0 Å². The second-order valence-electron chi connectivity index (χ2n) is 5.57. The Morgan fingerprint density at radius 2 is 1.75 bits per heavy atom. The summed E-state index contributed by atoms with van der Waals surface area (Å²) >= 11 is 0. The lowest BCUT2D eigenvalue weighted by molar-refractivity contribution is 0.297. The monoisotopic (exact) mass is 220 g/mol. The number of rotatable bonds is 1. The number of ether oxygens (including phenoxy) is 2. The van der Waals surface area contributed by atoms with Crippen LogP contribution in [-0.4, -0.2) is 13.2 Å². The van der Waals surface area contributed by atoms with Gasteiger partial charge >= 0.3 is 0 Å². The van der Waals surface area contributed by atoms with Gasteiger partial charge in [-0.3, -0.25) is 0 Å². The number of hydrogen-bond donors (Lipinski definition) is 0. The first-order chi connectivity index (χ1) is 7.54. The number of benzene rings is 1. The highest BCUT2D eigenvalue weighted by atomic mass is 16.5. The zero-order valence-corrected chi connectivity index (χ0v) is 10.4. The molecule has 88 valence electrons. The molecule has 0 aliphatic carbocycles. The van der Waals surface area contributed by atoms with Crippen molar-refractivity contribution in [2.45, 2.75) is 33.6 Å². The molecule has 0 amide bonds. The molecule has 2 heteroatoms. The van der Waals surface area contributed by atoms with E-state index in [1.807, 2.05) is 6.07 Å².